The molecule has 42 heavy (non-hydrogen) atoms. The summed E-state index contributed by atoms with van der Waals surface area (Å²) in [5, 5.41) is 10.2. The fourth-order valence-electron chi connectivity index (χ4n) is 7.28. The monoisotopic (exact) mass is 597 g/mol. The summed E-state index contributed by atoms with van der Waals surface area (Å²) in [6.07, 6.45) is 7.08. The lowest BCUT2D eigenvalue weighted by Crippen LogP contribution is -2.59. The van der Waals surface area contributed by atoms with Crippen LogP contribution in [0.5, 0.6) is 5.75 Å². The molecule has 3 saturated heterocycles. The van der Waals surface area contributed by atoms with Crippen LogP contribution in [0.25, 0.3) is 0 Å². The summed E-state index contributed by atoms with van der Waals surface area (Å²) < 4.78 is 4.85. The van der Waals surface area contributed by atoms with E-state index in [2.05, 4.69) is 27.0 Å². The summed E-state index contributed by atoms with van der Waals surface area (Å²) in [6.45, 7) is 17.3. The molecule has 3 aliphatic rings. The molecule has 4 rings (SSSR count). The van der Waals surface area contributed by atoms with Gasteiger partial charge in [0.25, 0.3) is 0 Å². The number of rotatable bonds is 15. The molecule has 3 aliphatic heterocycles. The van der Waals surface area contributed by atoms with Crippen molar-refractivity contribution >= 4 is 35.2 Å². The zero-order valence-electron chi connectivity index (χ0n) is 25.5. The van der Waals surface area contributed by atoms with Gasteiger partial charge in [0, 0.05) is 30.6 Å². The topological polar surface area (TPSA) is 90.4 Å². The van der Waals surface area contributed by atoms with Crippen LogP contribution in [0.15, 0.2) is 49.6 Å². The minimum Gasteiger partial charge on any atom is -0.494 e. The molecular weight excluding hydrogens is 550 g/mol. The average Bonchev–Trinajstić information content (AvgIpc) is 3.58. The van der Waals surface area contributed by atoms with Crippen LogP contribution in [0.2, 0.25) is 0 Å². The predicted octanol–water partition coefficient (Wildman–Crippen LogP) is 4.53. The number of aliphatic hydroxyl groups excluding tert-OH is 1. The molecule has 0 saturated carbocycles. The maximum atomic E-state index is 14.5. The highest BCUT2D eigenvalue weighted by atomic mass is 32.2. The first-order valence-corrected chi connectivity index (χ1v) is 16.2. The fraction of sp³-hybridized carbons (Fsp3) is 0.606. The van der Waals surface area contributed by atoms with Gasteiger partial charge in [-0.3, -0.25) is 14.4 Å². The van der Waals surface area contributed by atoms with E-state index >= 15 is 0 Å². The third-order valence-electron chi connectivity index (χ3n) is 9.17. The Morgan fingerprint density at radius 3 is 2.45 bits per heavy atom. The fourth-order valence-corrected chi connectivity index (χ4v) is 9.67. The van der Waals surface area contributed by atoms with Gasteiger partial charge in [0.2, 0.25) is 17.7 Å². The zero-order chi connectivity index (χ0) is 30.6. The van der Waals surface area contributed by atoms with Crippen molar-refractivity contribution in [2.24, 2.45) is 17.8 Å². The van der Waals surface area contributed by atoms with E-state index in [0.717, 1.165) is 31.4 Å². The SMILES string of the molecule is C=CCN(CCCCC)C(=O)C1N([C@H](C)CO)C(=O)[C@@H]2[C@@H](C(=O)N(CC=C)c3ccc(OCC)cc3)[C@H]3CC(C)C12S3. The van der Waals surface area contributed by atoms with E-state index in [1.807, 2.05) is 36.1 Å². The Morgan fingerprint density at radius 2 is 1.86 bits per heavy atom. The lowest BCUT2D eigenvalue weighted by Gasteiger charge is -2.42. The number of fused-ring (bicyclic) bond motifs is 1. The first-order chi connectivity index (χ1) is 20.2. The summed E-state index contributed by atoms with van der Waals surface area (Å²) in [4.78, 5) is 48.5. The quantitative estimate of drug-likeness (QED) is 0.236. The van der Waals surface area contributed by atoms with E-state index in [-0.39, 0.29) is 35.5 Å². The molecule has 1 aromatic carbocycles. The Balaban J connectivity index is 1.74. The Hall–Kier alpha value is -2.78. The number of ether oxygens (including phenoxy) is 1. The van der Waals surface area contributed by atoms with Crippen molar-refractivity contribution in [1.82, 2.24) is 9.80 Å². The van der Waals surface area contributed by atoms with Crippen LogP contribution in [0, 0.1) is 17.8 Å². The molecule has 1 spiro atoms. The van der Waals surface area contributed by atoms with Gasteiger partial charge >= 0.3 is 0 Å². The van der Waals surface area contributed by atoms with Crippen LogP contribution in [-0.2, 0) is 14.4 Å². The van der Waals surface area contributed by atoms with Crippen molar-refractivity contribution in [3.05, 3.63) is 49.6 Å². The number of aliphatic hydroxyl groups is 1. The van der Waals surface area contributed by atoms with Crippen LogP contribution in [-0.4, -0.2) is 87.6 Å². The van der Waals surface area contributed by atoms with E-state index in [9.17, 15) is 19.5 Å². The maximum absolute atomic E-state index is 14.5. The normalized spacial score (nSPS) is 28.4. The largest absolute Gasteiger partial charge is 0.494 e. The molecule has 8 nitrogen and oxygen atoms in total. The molecule has 3 heterocycles. The first-order valence-electron chi connectivity index (χ1n) is 15.4. The van der Waals surface area contributed by atoms with Crippen LogP contribution >= 0.6 is 11.8 Å². The predicted molar refractivity (Wildman–Crippen MR) is 169 cm³/mol. The summed E-state index contributed by atoms with van der Waals surface area (Å²) in [5.74, 6) is -0.891. The number of amides is 3. The number of unbranched alkanes of at least 4 members (excludes halogenated alkanes) is 2. The van der Waals surface area contributed by atoms with Gasteiger partial charge in [-0.25, -0.2) is 0 Å². The van der Waals surface area contributed by atoms with Crippen molar-refractivity contribution in [3.63, 3.8) is 0 Å². The second-order valence-corrected chi connectivity index (χ2v) is 13.3. The molecule has 3 fully saturated rings. The van der Waals surface area contributed by atoms with Gasteiger partial charge in [0.15, 0.2) is 0 Å². The van der Waals surface area contributed by atoms with Crippen molar-refractivity contribution in [2.75, 3.05) is 37.7 Å². The Kier molecular flexibility index (Phi) is 10.5. The number of carbonyl (C=O) groups excluding carboxylic acids is 3. The van der Waals surface area contributed by atoms with Crippen LogP contribution < -0.4 is 9.64 Å². The molecule has 2 bridgehead atoms. The minimum absolute atomic E-state index is 0.0508. The average molecular weight is 598 g/mol. The zero-order valence-corrected chi connectivity index (χ0v) is 26.4. The molecule has 0 radical (unpaired) electrons. The van der Waals surface area contributed by atoms with Crippen molar-refractivity contribution in [1.29, 1.82) is 0 Å². The van der Waals surface area contributed by atoms with Gasteiger partial charge < -0.3 is 24.5 Å². The lowest BCUT2D eigenvalue weighted by molar-refractivity contribution is -0.145. The highest BCUT2D eigenvalue weighted by Gasteiger charge is 2.76. The third-order valence-corrected chi connectivity index (χ3v) is 11.2. The summed E-state index contributed by atoms with van der Waals surface area (Å²) in [5.41, 5.74) is 0.713. The van der Waals surface area contributed by atoms with Gasteiger partial charge in [-0.05, 0) is 56.9 Å². The van der Waals surface area contributed by atoms with Gasteiger partial charge in [0.05, 0.1) is 35.8 Å². The highest BCUT2D eigenvalue weighted by Crippen LogP contribution is 2.69. The smallest absolute Gasteiger partial charge is 0.247 e. The Bertz CT molecular complexity index is 1160. The number of hydrogen-bond donors (Lipinski definition) is 1. The highest BCUT2D eigenvalue weighted by molar-refractivity contribution is 8.02. The number of hydrogen-bond acceptors (Lipinski definition) is 6. The molecule has 1 aromatic rings. The minimum atomic E-state index is -0.750. The third kappa shape index (κ3) is 5.50. The van der Waals surface area contributed by atoms with Gasteiger partial charge in [-0.1, -0.05) is 38.8 Å². The standard InChI is InChI=1S/C33H47N3O5S/c1-7-11-12-19-34(17-8-2)32(40)29-33-22(5)20-26(42-33)27(28(33)31(39)36(29)23(6)21-37)30(38)35(18-9-3)24-13-15-25(16-14-24)41-10-4/h8-9,13-16,22-23,26-29,37H,2-3,7,10-12,17-21H2,1,4-6H3/t22?,23-,26-,27+,28+,29?,33?/m1/s1. The van der Waals surface area contributed by atoms with E-state index in [1.54, 1.807) is 40.6 Å². The number of likely N-dealkylation sites (tertiary alicyclic amines) is 1. The number of thioether (sulfide) groups is 1. The number of anilines is 1. The van der Waals surface area contributed by atoms with Gasteiger partial charge in [-0.15, -0.1) is 24.9 Å². The van der Waals surface area contributed by atoms with E-state index in [0.29, 0.717) is 31.9 Å². The van der Waals surface area contributed by atoms with Gasteiger partial charge in [0.1, 0.15) is 11.8 Å². The first kappa shape index (κ1) is 32.1. The molecule has 3 unspecified atom stereocenters. The van der Waals surface area contributed by atoms with Crippen LogP contribution in [0.4, 0.5) is 5.69 Å². The molecule has 3 amide bonds. The summed E-state index contributed by atoms with van der Waals surface area (Å²) in [6, 6.07) is 6.10. The van der Waals surface area contributed by atoms with E-state index in [4.69, 9.17) is 4.74 Å². The van der Waals surface area contributed by atoms with Gasteiger partial charge in [-0.2, -0.15) is 0 Å². The Morgan fingerprint density at radius 1 is 1.17 bits per heavy atom. The maximum Gasteiger partial charge on any atom is 0.247 e. The molecule has 0 aromatic heterocycles. The molecule has 1 N–H and O–H groups in total. The van der Waals surface area contributed by atoms with E-state index in [1.165, 1.54) is 0 Å². The molecule has 9 heteroatoms. The molecule has 230 valence electrons. The van der Waals surface area contributed by atoms with Crippen molar-refractivity contribution < 1.29 is 24.2 Å². The molecule has 7 atom stereocenters. The number of benzene rings is 1. The van der Waals surface area contributed by atoms with E-state index < -0.39 is 28.7 Å². The summed E-state index contributed by atoms with van der Waals surface area (Å²) in [7, 11) is 0. The van der Waals surface area contributed by atoms with Crippen molar-refractivity contribution in [3.8, 4) is 5.75 Å². The van der Waals surface area contributed by atoms with Crippen LogP contribution in [0.3, 0.4) is 0 Å². The number of carbonyl (C=O) groups is 3. The van der Waals surface area contributed by atoms with Crippen LogP contribution in [0.1, 0.15) is 53.4 Å². The summed E-state index contributed by atoms with van der Waals surface area (Å²) >= 11 is 1.66. The molecular formula is C33H47N3O5S. The van der Waals surface area contributed by atoms with Crippen molar-refractivity contribution in [2.45, 2.75) is 75.5 Å². The number of nitrogens with zero attached hydrogens (tertiary/aromatic N) is 3. The lowest BCUT2D eigenvalue weighted by atomic mass is 9.65. The Labute approximate surface area is 255 Å². The molecule has 0 aliphatic carbocycles. The second-order valence-electron chi connectivity index (χ2n) is 11.8. The second kappa shape index (κ2) is 13.7.